The maximum Gasteiger partial charge on any atom is 0.153 e. The van der Waals surface area contributed by atoms with Gasteiger partial charge in [0.15, 0.2) is 9.84 Å². The van der Waals surface area contributed by atoms with E-state index in [2.05, 4.69) is 0 Å². The summed E-state index contributed by atoms with van der Waals surface area (Å²) >= 11 is 5.75. The smallest absolute Gasteiger partial charge is 0.153 e. The molecule has 0 amide bonds. The van der Waals surface area contributed by atoms with Crippen LogP contribution in [0.25, 0.3) is 0 Å². The monoisotopic (exact) mass is 283 g/mol. The molecule has 3 atom stereocenters. The Bertz CT molecular complexity index is 632. The molecule has 1 fully saturated rings. The lowest BCUT2D eigenvalue weighted by atomic mass is 10.0. The summed E-state index contributed by atoms with van der Waals surface area (Å²) in [6.07, 6.45) is 1.49. The highest BCUT2D eigenvalue weighted by Crippen LogP contribution is 2.61. The minimum atomic E-state index is -3.46. The summed E-state index contributed by atoms with van der Waals surface area (Å²) in [7, 11) is -3.46. The van der Waals surface area contributed by atoms with Crippen LogP contribution in [0.4, 0.5) is 0 Å². The number of rotatable bonds is 3. The largest absolute Gasteiger partial charge is 0.302 e. The molecule has 1 aliphatic rings. The molecule has 1 saturated carbocycles. The van der Waals surface area contributed by atoms with Gasteiger partial charge in [-0.15, -0.1) is 0 Å². The fourth-order valence-electron chi connectivity index (χ4n) is 2.40. The van der Waals surface area contributed by atoms with Crippen molar-refractivity contribution in [3.05, 3.63) is 34.9 Å². The van der Waals surface area contributed by atoms with E-state index >= 15 is 0 Å². The Morgan fingerprint density at radius 2 is 1.94 bits per heavy atom. The highest BCUT2D eigenvalue weighted by Gasteiger charge is 2.71. The molecule has 0 spiro atoms. The molecule has 6 heteroatoms. The van der Waals surface area contributed by atoms with E-state index in [-0.39, 0.29) is 0 Å². The summed E-state index contributed by atoms with van der Waals surface area (Å²) in [4.78, 5) is 11.1. The van der Waals surface area contributed by atoms with E-state index in [0.717, 1.165) is 6.26 Å². The zero-order valence-electron chi connectivity index (χ0n) is 9.50. The van der Waals surface area contributed by atoms with Crippen molar-refractivity contribution in [2.75, 3.05) is 6.26 Å². The normalized spacial score (nSPS) is 30.5. The van der Waals surface area contributed by atoms with Gasteiger partial charge in [-0.2, -0.15) is 5.26 Å². The number of hydrogen-bond acceptors (Lipinski definition) is 4. The van der Waals surface area contributed by atoms with Crippen LogP contribution in [0.15, 0.2) is 24.3 Å². The van der Waals surface area contributed by atoms with Crippen LogP contribution >= 0.6 is 11.6 Å². The molecule has 0 N–H and O–H groups in total. The third-order valence-electron chi connectivity index (χ3n) is 3.26. The van der Waals surface area contributed by atoms with Gasteiger partial charge in [0.25, 0.3) is 0 Å². The van der Waals surface area contributed by atoms with Crippen molar-refractivity contribution in [3.63, 3.8) is 0 Å². The third-order valence-corrected chi connectivity index (χ3v) is 5.09. The number of carbonyl (C=O) groups is 1. The lowest BCUT2D eigenvalue weighted by Crippen LogP contribution is -2.14. The molecule has 94 valence electrons. The van der Waals surface area contributed by atoms with Crippen molar-refractivity contribution < 1.29 is 13.2 Å². The average molecular weight is 284 g/mol. The Hall–Kier alpha value is -1.38. The summed E-state index contributed by atoms with van der Waals surface area (Å²) in [5, 5.41) is 8.66. The van der Waals surface area contributed by atoms with Gasteiger partial charge in [-0.1, -0.05) is 23.7 Å². The first kappa shape index (κ1) is 13.1. The van der Waals surface area contributed by atoms with E-state index in [1.54, 1.807) is 24.3 Å². The molecule has 0 saturated heterocycles. The molecule has 0 aliphatic heterocycles. The molecule has 18 heavy (non-hydrogen) atoms. The van der Waals surface area contributed by atoms with Crippen molar-refractivity contribution in [1.29, 1.82) is 5.26 Å². The summed E-state index contributed by atoms with van der Waals surface area (Å²) in [5.74, 6) is -0.604. The van der Waals surface area contributed by atoms with Gasteiger partial charge in [-0.3, -0.25) is 0 Å². The topological polar surface area (TPSA) is 75.0 Å². The van der Waals surface area contributed by atoms with Crippen molar-refractivity contribution in [3.8, 4) is 6.07 Å². The standard InChI is InChI=1S/C12H10ClNO3S/c1-18(16,17)11-10(12(11,6-14)7-15)8-2-4-9(13)5-3-8/h2-5,7,10-11H,1H3/t10-,11-,12+/m1/s1. The number of hydrogen-bond donors (Lipinski definition) is 0. The van der Waals surface area contributed by atoms with E-state index in [1.807, 2.05) is 6.07 Å². The van der Waals surface area contributed by atoms with Crippen LogP contribution < -0.4 is 0 Å². The van der Waals surface area contributed by atoms with Crippen LogP contribution in [0.1, 0.15) is 11.5 Å². The van der Waals surface area contributed by atoms with E-state index in [4.69, 9.17) is 16.9 Å². The first-order valence-electron chi connectivity index (χ1n) is 5.18. The van der Waals surface area contributed by atoms with Gasteiger partial charge in [0.2, 0.25) is 0 Å². The Morgan fingerprint density at radius 3 is 2.28 bits per heavy atom. The molecule has 0 radical (unpaired) electrons. The quantitative estimate of drug-likeness (QED) is 0.789. The van der Waals surface area contributed by atoms with E-state index in [1.165, 1.54) is 0 Å². The van der Waals surface area contributed by atoms with Crippen LogP contribution in [0.2, 0.25) is 5.02 Å². The molecular formula is C12H10ClNO3S. The van der Waals surface area contributed by atoms with Gasteiger partial charge in [0.1, 0.15) is 11.7 Å². The lowest BCUT2D eigenvalue weighted by molar-refractivity contribution is -0.110. The van der Waals surface area contributed by atoms with Gasteiger partial charge in [0.05, 0.1) is 11.3 Å². The number of carbonyl (C=O) groups excluding carboxylic acids is 1. The van der Waals surface area contributed by atoms with E-state index < -0.39 is 26.4 Å². The first-order chi connectivity index (χ1) is 8.36. The molecule has 0 heterocycles. The average Bonchev–Trinajstić information content (AvgIpc) is 3.00. The number of nitriles is 1. The van der Waals surface area contributed by atoms with Crippen LogP contribution in [-0.4, -0.2) is 26.2 Å². The molecule has 0 bridgehead atoms. The van der Waals surface area contributed by atoms with Crippen molar-refractivity contribution in [2.45, 2.75) is 11.2 Å². The van der Waals surface area contributed by atoms with Gasteiger partial charge >= 0.3 is 0 Å². The van der Waals surface area contributed by atoms with Gasteiger partial charge in [-0.05, 0) is 17.7 Å². The Labute approximate surface area is 110 Å². The molecule has 0 unspecified atom stereocenters. The van der Waals surface area contributed by atoms with Crippen molar-refractivity contribution in [2.24, 2.45) is 5.41 Å². The van der Waals surface area contributed by atoms with Gasteiger partial charge < -0.3 is 4.79 Å². The highest BCUT2D eigenvalue weighted by molar-refractivity contribution is 7.91. The second kappa shape index (κ2) is 4.08. The number of halogens is 1. The molecule has 1 aromatic rings. The number of benzene rings is 1. The summed E-state index contributed by atoms with van der Waals surface area (Å²) in [6.45, 7) is 0. The molecular weight excluding hydrogens is 274 g/mol. The predicted octanol–water partition coefficient (Wildman–Crippen LogP) is 1.56. The van der Waals surface area contributed by atoms with Gasteiger partial charge in [-0.25, -0.2) is 8.42 Å². The van der Waals surface area contributed by atoms with Crippen LogP contribution in [0.3, 0.4) is 0 Å². The van der Waals surface area contributed by atoms with E-state index in [0.29, 0.717) is 16.9 Å². The number of sulfone groups is 1. The van der Waals surface area contributed by atoms with Crippen LogP contribution in [0.5, 0.6) is 0 Å². The molecule has 0 aromatic heterocycles. The van der Waals surface area contributed by atoms with Crippen molar-refractivity contribution >= 4 is 27.7 Å². The summed E-state index contributed by atoms with van der Waals surface area (Å²) in [6, 6.07) is 8.36. The zero-order valence-corrected chi connectivity index (χ0v) is 11.1. The summed E-state index contributed by atoms with van der Waals surface area (Å²) in [5.41, 5.74) is -0.815. The van der Waals surface area contributed by atoms with Gasteiger partial charge in [0, 0.05) is 17.2 Å². The Kier molecular flexibility index (Phi) is 2.96. The Morgan fingerprint density at radius 1 is 1.39 bits per heavy atom. The molecule has 1 aliphatic carbocycles. The number of nitrogens with zero attached hydrogens (tertiary/aromatic N) is 1. The fourth-order valence-corrected chi connectivity index (χ4v) is 4.28. The minimum absolute atomic E-state index is 0.442. The second-order valence-corrected chi connectivity index (χ2v) is 7.05. The second-order valence-electron chi connectivity index (χ2n) is 4.44. The SMILES string of the molecule is CS(=O)(=O)[C@@H]1[C@@H](c2ccc(Cl)cc2)[C@]1(C#N)C=O. The lowest BCUT2D eigenvalue weighted by Gasteiger charge is -1.99. The maximum atomic E-state index is 11.6. The molecule has 2 rings (SSSR count). The Balaban J connectivity index is 2.49. The summed E-state index contributed by atoms with van der Waals surface area (Å²) < 4.78 is 23.3. The minimum Gasteiger partial charge on any atom is -0.302 e. The third kappa shape index (κ3) is 1.82. The van der Waals surface area contributed by atoms with Crippen LogP contribution in [0, 0.1) is 16.7 Å². The highest BCUT2D eigenvalue weighted by atomic mass is 35.5. The molecule has 4 nitrogen and oxygen atoms in total. The fraction of sp³-hybridized carbons (Fsp3) is 0.333. The van der Waals surface area contributed by atoms with E-state index in [9.17, 15) is 13.2 Å². The predicted molar refractivity (Wildman–Crippen MR) is 66.9 cm³/mol. The zero-order chi connectivity index (χ0) is 13.6. The van der Waals surface area contributed by atoms with Crippen molar-refractivity contribution in [1.82, 2.24) is 0 Å². The first-order valence-corrected chi connectivity index (χ1v) is 7.52. The maximum absolute atomic E-state index is 11.6. The number of aldehydes is 1. The van der Waals surface area contributed by atoms with Crippen LogP contribution in [-0.2, 0) is 14.6 Å². The molecule has 1 aromatic carbocycles.